The van der Waals surface area contributed by atoms with Crippen LogP contribution in [0.2, 0.25) is 0 Å². The van der Waals surface area contributed by atoms with Crippen LogP contribution in [0.3, 0.4) is 0 Å². The quantitative estimate of drug-likeness (QED) is 0.744. The molecule has 1 saturated carbocycles. The van der Waals surface area contributed by atoms with E-state index in [1.165, 1.54) is 0 Å². The molecule has 0 radical (unpaired) electrons. The van der Waals surface area contributed by atoms with Gasteiger partial charge in [0, 0.05) is 12.6 Å². The number of fused-ring (bicyclic) bond motifs is 1. The SMILES string of the molecule is O=C(CN1C(C(=O)O)CC2CCCCC21)NC(=O)NCc1ccccc1. The van der Waals surface area contributed by atoms with Gasteiger partial charge >= 0.3 is 12.0 Å². The number of carbonyl (C=O) groups is 3. The number of nitrogens with zero attached hydrogens (tertiary/aromatic N) is 1. The van der Waals surface area contributed by atoms with Crippen LogP contribution in [0.15, 0.2) is 30.3 Å². The van der Waals surface area contributed by atoms with Gasteiger partial charge in [-0.2, -0.15) is 0 Å². The first kappa shape index (κ1) is 18.4. The Morgan fingerprint density at radius 3 is 2.58 bits per heavy atom. The molecule has 7 heteroatoms. The molecule has 1 aliphatic carbocycles. The number of carboxylic acid groups (broad SMARTS) is 1. The lowest BCUT2D eigenvalue weighted by Gasteiger charge is -2.32. The highest BCUT2D eigenvalue weighted by atomic mass is 16.4. The third-order valence-electron chi connectivity index (χ3n) is 5.38. The molecule has 140 valence electrons. The fourth-order valence-corrected chi connectivity index (χ4v) is 4.18. The van der Waals surface area contributed by atoms with Gasteiger partial charge in [-0.15, -0.1) is 0 Å². The maximum Gasteiger partial charge on any atom is 0.321 e. The number of nitrogens with one attached hydrogen (secondary N) is 2. The highest BCUT2D eigenvalue weighted by Crippen LogP contribution is 2.39. The molecule has 7 nitrogen and oxygen atoms in total. The van der Waals surface area contributed by atoms with Gasteiger partial charge in [0.15, 0.2) is 0 Å². The summed E-state index contributed by atoms with van der Waals surface area (Å²) in [6.45, 7) is 0.267. The molecule has 1 heterocycles. The summed E-state index contributed by atoms with van der Waals surface area (Å²) in [6.07, 6.45) is 4.71. The maximum absolute atomic E-state index is 12.3. The molecular weight excluding hydrogens is 334 g/mol. The molecule has 0 spiro atoms. The number of urea groups is 1. The van der Waals surface area contributed by atoms with E-state index < -0.39 is 23.9 Å². The van der Waals surface area contributed by atoms with E-state index in [0.29, 0.717) is 18.9 Å². The summed E-state index contributed by atoms with van der Waals surface area (Å²) in [5, 5.41) is 14.4. The molecule has 3 amide bonds. The number of hydrogen-bond acceptors (Lipinski definition) is 4. The van der Waals surface area contributed by atoms with Crippen molar-refractivity contribution in [1.29, 1.82) is 0 Å². The molecule has 2 fully saturated rings. The predicted octanol–water partition coefficient (Wildman–Crippen LogP) is 1.73. The molecule has 0 bridgehead atoms. The predicted molar refractivity (Wildman–Crippen MR) is 95.3 cm³/mol. The van der Waals surface area contributed by atoms with Gasteiger partial charge in [0.05, 0.1) is 6.54 Å². The Balaban J connectivity index is 1.52. The molecular formula is C19H25N3O4. The highest BCUT2D eigenvalue weighted by molar-refractivity contribution is 5.95. The van der Waals surface area contributed by atoms with Crippen LogP contribution in [0, 0.1) is 5.92 Å². The van der Waals surface area contributed by atoms with Gasteiger partial charge in [-0.05, 0) is 30.7 Å². The van der Waals surface area contributed by atoms with Gasteiger partial charge in [-0.25, -0.2) is 4.79 Å². The number of benzene rings is 1. The molecule has 1 aromatic carbocycles. The summed E-state index contributed by atoms with van der Waals surface area (Å²) in [5.41, 5.74) is 0.936. The van der Waals surface area contributed by atoms with Crippen LogP contribution in [-0.2, 0) is 16.1 Å². The summed E-state index contributed by atoms with van der Waals surface area (Å²) < 4.78 is 0. The van der Waals surface area contributed by atoms with Gasteiger partial charge in [-0.3, -0.25) is 19.8 Å². The lowest BCUT2D eigenvalue weighted by atomic mass is 9.85. The minimum atomic E-state index is -0.888. The van der Waals surface area contributed by atoms with Crippen molar-refractivity contribution in [1.82, 2.24) is 15.5 Å². The largest absolute Gasteiger partial charge is 0.480 e. The van der Waals surface area contributed by atoms with Crippen LogP contribution < -0.4 is 10.6 Å². The summed E-state index contributed by atoms with van der Waals surface area (Å²) in [4.78, 5) is 37.5. The van der Waals surface area contributed by atoms with E-state index in [9.17, 15) is 19.5 Å². The van der Waals surface area contributed by atoms with Crippen molar-refractivity contribution in [3.05, 3.63) is 35.9 Å². The Hall–Kier alpha value is -2.41. The van der Waals surface area contributed by atoms with Crippen molar-refractivity contribution >= 4 is 17.9 Å². The Morgan fingerprint density at radius 2 is 1.85 bits per heavy atom. The van der Waals surface area contributed by atoms with Crippen molar-refractivity contribution in [2.45, 2.75) is 50.7 Å². The molecule has 1 aliphatic heterocycles. The van der Waals surface area contributed by atoms with E-state index in [4.69, 9.17) is 0 Å². The van der Waals surface area contributed by atoms with E-state index in [-0.39, 0.29) is 12.6 Å². The third kappa shape index (κ3) is 4.40. The zero-order valence-corrected chi connectivity index (χ0v) is 14.7. The zero-order valence-electron chi connectivity index (χ0n) is 14.7. The second kappa shape index (κ2) is 8.31. The molecule has 3 unspecified atom stereocenters. The molecule has 3 rings (SSSR count). The molecule has 2 aliphatic rings. The van der Waals surface area contributed by atoms with E-state index in [0.717, 1.165) is 31.2 Å². The Bertz CT molecular complexity index is 664. The van der Waals surface area contributed by atoms with Gasteiger partial charge < -0.3 is 10.4 Å². The van der Waals surface area contributed by atoms with Crippen LogP contribution in [-0.4, -0.2) is 46.5 Å². The zero-order chi connectivity index (χ0) is 18.5. The van der Waals surface area contributed by atoms with Crippen LogP contribution in [0.5, 0.6) is 0 Å². The van der Waals surface area contributed by atoms with Crippen molar-refractivity contribution in [2.24, 2.45) is 5.92 Å². The van der Waals surface area contributed by atoms with Crippen molar-refractivity contribution in [3.8, 4) is 0 Å². The molecule has 3 atom stereocenters. The lowest BCUT2D eigenvalue weighted by Crippen LogP contribution is -2.50. The average molecular weight is 359 g/mol. The smallest absolute Gasteiger partial charge is 0.321 e. The van der Waals surface area contributed by atoms with Crippen LogP contribution >= 0.6 is 0 Å². The number of likely N-dealkylation sites (tertiary alicyclic amines) is 1. The fourth-order valence-electron chi connectivity index (χ4n) is 4.18. The summed E-state index contributed by atoms with van der Waals surface area (Å²) in [7, 11) is 0. The standard InChI is InChI=1S/C19H25N3O4/c23-17(21-19(26)20-11-13-6-2-1-3-7-13)12-22-15-9-5-4-8-14(15)10-16(22)18(24)25/h1-3,6-7,14-16H,4-5,8-12H2,(H,24,25)(H2,20,21,23,26). The molecule has 1 aromatic rings. The average Bonchev–Trinajstić information content (AvgIpc) is 3.00. The monoisotopic (exact) mass is 359 g/mol. The normalized spacial score (nSPS) is 25.3. The van der Waals surface area contributed by atoms with E-state index in [1.807, 2.05) is 30.3 Å². The number of amides is 3. The summed E-state index contributed by atoms with van der Waals surface area (Å²) in [5.74, 6) is -1.02. The highest BCUT2D eigenvalue weighted by Gasteiger charge is 2.45. The minimum Gasteiger partial charge on any atom is -0.480 e. The van der Waals surface area contributed by atoms with Crippen LogP contribution in [0.25, 0.3) is 0 Å². The minimum absolute atomic E-state index is 0.0586. The number of carboxylic acids is 1. The lowest BCUT2D eigenvalue weighted by molar-refractivity contribution is -0.143. The topological polar surface area (TPSA) is 98.7 Å². The second-order valence-electron chi connectivity index (χ2n) is 7.09. The Morgan fingerprint density at radius 1 is 1.12 bits per heavy atom. The second-order valence-corrected chi connectivity index (χ2v) is 7.09. The van der Waals surface area contributed by atoms with Crippen molar-refractivity contribution < 1.29 is 19.5 Å². The van der Waals surface area contributed by atoms with E-state index in [2.05, 4.69) is 10.6 Å². The number of carbonyl (C=O) groups excluding carboxylic acids is 2. The van der Waals surface area contributed by atoms with Gasteiger partial charge in [0.25, 0.3) is 0 Å². The van der Waals surface area contributed by atoms with Crippen molar-refractivity contribution in [3.63, 3.8) is 0 Å². The summed E-state index contributed by atoms with van der Waals surface area (Å²) >= 11 is 0. The molecule has 0 aromatic heterocycles. The Kier molecular flexibility index (Phi) is 5.88. The first-order valence-corrected chi connectivity index (χ1v) is 9.14. The van der Waals surface area contributed by atoms with Crippen molar-refractivity contribution in [2.75, 3.05) is 6.54 Å². The first-order chi connectivity index (χ1) is 12.5. The van der Waals surface area contributed by atoms with E-state index in [1.54, 1.807) is 4.90 Å². The number of rotatable bonds is 5. The van der Waals surface area contributed by atoms with Gasteiger partial charge in [-0.1, -0.05) is 43.2 Å². The molecule has 3 N–H and O–H groups in total. The fraction of sp³-hybridized carbons (Fsp3) is 0.526. The van der Waals surface area contributed by atoms with Crippen LogP contribution in [0.4, 0.5) is 4.79 Å². The first-order valence-electron chi connectivity index (χ1n) is 9.14. The number of aliphatic carboxylic acids is 1. The molecule has 26 heavy (non-hydrogen) atoms. The van der Waals surface area contributed by atoms with Crippen LogP contribution in [0.1, 0.15) is 37.7 Å². The third-order valence-corrected chi connectivity index (χ3v) is 5.38. The maximum atomic E-state index is 12.3. The van der Waals surface area contributed by atoms with Gasteiger partial charge in [0.2, 0.25) is 5.91 Å². The van der Waals surface area contributed by atoms with Gasteiger partial charge in [0.1, 0.15) is 6.04 Å². The Labute approximate surface area is 152 Å². The summed E-state index contributed by atoms with van der Waals surface area (Å²) in [6, 6.07) is 8.33. The van der Waals surface area contributed by atoms with E-state index >= 15 is 0 Å². The number of imide groups is 1. The molecule has 1 saturated heterocycles. The number of hydrogen-bond donors (Lipinski definition) is 3.